The molecule has 0 radical (unpaired) electrons. The Labute approximate surface area is 127 Å². The van der Waals surface area contributed by atoms with Crippen LogP contribution >= 0.6 is 0 Å². The van der Waals surface area contributed by atoms with Gasteiger partial charge in [0.05, 0.1) is 0 Å². The van der Waals surface area contributed by atoms with Crippen molar-refractivity contribution in [2.75, 3.05) is 0 Å². The number of hydrogen-bond donors (Lipinski definition) is 1. The molecule has 0 bridgehead atoms. The summed E-state index contributed by atoms with van der Waals surface area (Å²) in [6, 6.07) is 7.59. The molecule has 1 aromatic carbocycles. The maximum Gasteiger partial charge on any atom is 0.160 e. The highest BCUT2D eigenvalue weighted by Gasteiger charge is 2.42. The van der Waals surface area contributed by atoms with E-state index in [9.17, 15) is 4.79 Å². The van der Waals surface area contributed by atoms with Gasteiger partial charge in [0.25, 0.3) is 0 Å². The van der Waals surface area contributed by atoms with Gasteiger partial charge in [-0.15, -0.1) is 0 Å². The van der Waals surface area contributed by atoms with Crippen molar-refractivity contribution in [3.8, 4) is 0 Å². The van der Waals surface area contributed by atoms with Crippen molar-refractivity contribution in [2.24, 2.45) is 11.8 Å². The molecule has 4 rings (SSSR count). The van der Waals surface area contributed by atoms with E-state index in [0.29, 0.717) is 6.04 Å². The highest BCUT2D eigenvalue weighted by Crippen LogP contribution is 2.45. The third-order valence-electron chi connectivity index (χ3n) is 5.55. The average molecular weight is 283 g/mol. The number of carbonyl (C=O) groups excluding carboxylic acids is 1. The first kappa shape index (κ1) is 13.5. The number of benzene rings is 1. The molecule has 112 valence electrons. The fraction of sp³-hybridized carbons (Fsp3) is 0.632. The summed E-state index contributed by atoms with van der Waals surface area (Å²) in [5.74, 6) is 2.11. The molecule has 21 heavy (non-hydrogen) atoms. The van der Waals surface area contributed by atoms with Crippen LogP contribution in [0.5, 0.6) is 0 Å². The van der Waals surface area contributed by atoms with Crippen LogP contribution in [0.4, 0.5) is 0 Å². The van der Waals surface area contributed by atoms with E-state index in [2.05, 4.69) is 11.4 Å². The molecule has 2 nitrogen and oxygen atoms in total. The van der Waals surface area contributed by atoms with Gasteiger partial charge in [0, 0.05) is 17.6 Å². The Morgan fingerprint density at radius 2 is 1.86 bits per heavy atom. The van der Waals surface area contributed by atoms with Gasteiger partial charge in [0.15, 0.2) is 5.78 Å². The van der Waals surface area contributed by atoms with E-state index in [1.165, 1.54) is 43.2 Å². The number of hydrogen-bond acceptors (Lipinski definition) is 2. The zero-order chi connectivity index (χ0) is 14.4. The van der Waals surface area contributed by atoms with E-state index in [1.807, 2.05) is 12.1 Å². The van der Waals surface area contributed by atoms with Crippen LogP contribution < -0.4 is 5.32 Å². The Hall–Kier alpha value is -1.15. The van der Waals surface area contributed by atoms with Crippen LogP contribution in [0.2, 0.25) is 0 Å². The number of ketones is 1. The third kappa shape index (κ3) is 2.78. The van der Waals surface area contributed by atoms with Gasteiger partial charge in [-0.25, -0.2) is 0 Å². The fourth-order valence-electron chi connectivity index (χ4n) is 4.10. The predicted molar refractivity (Wildman–Crippen MR) is 84.6 cm³/mol. The zero-order valence-corrected chi connectivity index (χ0v) is 12.9. The second kappa shape index (κ2) is 5.24. The lowest BCUT2D eigenvalue weighted by molar-refractivity contribution is 0.101. The largest absolute Gasteiger partial charge is 0.310 e. The highest BCUT2D eigenvalue weighted by atomic mass is 16.1. The molecule has 2 heteroatoms. The van der Waals surface area contributed by atoms with E-state index in [1.54, 1.807) is 6.92 Å². The molecule has 2 fully saturated rings. The minimum Gasteiger partial charge on any atom is -0.310 e. The summed E-state index contributed by atoms with van der Waals surface area (Å²) in [5.41, 5.74) is 3.67. The van der Waals surface area contributed by atoms with Crippen molar-refractivity contribution in [1.82, 2.24) is 5.32 Å². The molecule has 3 aliphatic rings. The first-order chi connectivity index (χ1) is 10.2. The summed E-state index contributed by atoms with van der Waals surface area (Å²) in [6.45, 7) is 1.70. The van der Waals surface area contributed by atoms with Crippen LogP contribution in [-0.4, -0.2) is 17.9 Å². The van der Waals surface area contributed by atoms with Gasteiger partial charge < -0.3 is 5.32 Å². The first-order valence-corrected chi connectivity index (χ1v) is 8.60. The fourth-order valence-corrected chi connectivity index (χ4v) is 4.10. The molecule has 0 amide bonds. The maximum absolute atomic E-state index is 11.9. The van der Waals surface area contributed by atoms with Crippen molar-refractivity contribution < 1.29 is 4.79 Å². The molecule has 0 heterocycles. The minimum atomic E-state index is 0.216. The Bertz CT molecular complexity index is 545. The number of carbonyl (C=O) groups is 1. The van der Waals surface area contributed by atoms with Crippen molar-refractivity contribution in [1.29, 1.82) is 0 Å². The Morgan fingerprint density at radius 3 is 2.48 bits per heavy atom. The van der Waals surface area contributed by atoms with Crippen molar-refractivity contribution >= 4 is 5.78 Å². The molecule has 1 atom stereocenters. The second-order valence-corrected chi connectivity index (χ2v) is 7.31. The van der Waals surface area contributed by atoms with Gasteiger partial charge >= 0.3 is 0 Å². The zero-order valence-electron chi connectivity index (χ0n) is 12.9. The number of aryl methyl sites for hydroxylation is 1. The standard InChI is InChI=1S/C19H25NO/c1-12(21)17-4-2-3-13-9-10-16(11-18(13)17)20-19(14-5-6-14)15-7-8-15/h2-4,14-16,19-20H,5-11H2,1H3. The molecule has 1 unspecified atom stereocenters. The second-order valence-electron chi connectivity index (χ2n) is 7.31. The van der Waals surface area contributed by atoms with E-state index in [-0.39, 0.29) is 5.78 Å². The molecule has 3 aliphatic carbocycles. The van der Waals surface area contributed by atoms with Crippen LogP contribution in [0, 0.1) is 11.8 Å². The van der Waals surface area contributed by atoms with E-state index in [4.69, 9.17) is 0 Å². The minimum absolute atomic E-state index is 0.216. The van der Waals surface area contributed by atoms with Gasteiger partial charge in [0.1, 0.15) is 0 Å². The lowest BCUT2D eigenvalue weighted by Crippen LogP contribution is -2.44. The van der Waals surface area contributed by atoms with Crippen molar-refractivity contribution in [3.63, 3.8) is 0 Å². The van der Waals surface area contributed by atoms with E-state index in [0.717, 1.165) is 36.3 Å². The average Bonchev–Trinajstić information content (AvgIpc) is 3.37. The molecule has 0 spiro atoms. The van der Waals surface area contributed by atoms with E-state index < -0.39 is 0 Å². The van der Waals surface area contributed by atoms with Crippen molar-refractivity contribution in [3.05, 3.63) is 34.9 Å². The SMILES string of the molecule is CC(=O)c1cccc2c1CC(NC(C1CC1)C1CC1)CC2. The normalized spacial score (nSPS) is 25.0. The summed E-state index contributed by atoms with van der Waals surface area (Å²) in [7, 11) is 0. The van der Waals surface area contributed by atoms with Crippen LogP contribution in [0.1, 0.15) is 60.5 Å². The lowest BCUT2D eigenvalue weighted by Gasteiger charge is -2.31. The highest BCUT2D eigenvalue weighted by molar-refractivity contribution is 5.96. The summed E-state index contributed by atoms with van der Waals surface area (Å²) >= 11 is 0. The van der Waals surface area contributed by atoms with Gasteiger partial charge in [-0.05, 0) is 74.8 Å². The van der Waals surface area contributed by atoms with Gasteiger partial charge in [-0.3, -0.25) is 4.79 Å². The molecule has 1 aromatic rings. The topological polar surface area (TPSA) is 29.1 Å². The molecule has 0 aromatic heterocycles. The van der Waals surface area contributed by atoms with Gasteiger partial charge in [-0.2, -0.15) is 0 Å². The Kier molecular flexibility index (Phi) is 3.37. The van der Waals surface area contributed by atoms with Gasteiger partial charge in [-0.1, -0.05) is 18.2 Å². The maximum atomic E-state index is 11.9. The molecular weight excluding hydrogens is 258 g/mol. The quantitative estimate of drug-likeness (QED) is 0.838. The smallest absolute Gasteiger partial charge is 0.160 e. The summed E-state index contributed by atoms with van der Waals surface area (Å²) in [6.07, 6.45) is 9.10. The van der Waals surface area contributed by atoms with Crippen LogP contribution in [-0.2, 0) is 12.8 Å². The number of Topliss-reactive ketones (excluding diaryl/α,β-unsaturated/α-hetero) is 1. The molecular formula is C19H25NO. The van der Waals surface area contributed by atoms with Crippen LogP contribution in [0.15, 0.2) is 18.2 Å². The summed E-state index contributed by atoms with van der Waals surface area (Å²) < 4.78 is 0. The third-order valence-corrected chi connectivity index (χ3v) is 5.55. The molecule has 2 saturated carbocycles. The molecule has 1 N–H and O–H groups in total. The summed E-state index contributed by atoms with van der Waals surface area (Å²) in [5, 5.41) is 3.98. The molecule has 0 saturated heterocycles. The number of rotatable bonds is 5. The van der Waals surface area contributed by atoms with E-state index >= 15 is 0 Å². The first-order valence-electron chi connectivity index (χ1n) is 8.60. The number of nitrogens with one attached hydrogen (secondary N) is 1. The van der Waals surface area contributed by atoms with Crippen molar-refractivity contribution in [2.45, 2.75) is 64.0 Å². The monoisotopic (exact) mass is 283 g/mol. The lowest BCUT2D eigenvalue weighted by atomic mass is 9.84. The predicted octanol–water partition coefficient (Wildman–Crippen LogP) is 3.52. The number of fused-ring (bicyclic) bond motifs is 1. The summed E-state index contributed by atoms with van der Waals surface area (Å²) in [4.78, 5) is 11.9. The Balaban J connectivity index is 1.51. The van der Waals surface area contributed by atoms with Crippen LogP contribution in [0.25, 0.3) is 0 Å². The van der Waals surface area contributed by atoms with Gasteiger partial charge in [0.2, 0.25) is 0 Å². The molecule has 0 aliphatic heterocycles. The van der Waals surface area contributed by atoms with Crippen LogP contribution in [0.3, 0.4) is 0 Å². The Morgan fingerprint density at radius 1 is 1.14 bits per heavy atom.